The van der Waals surface area contributed by atoms with Crippen LogP contribution in [0.5, 0.6) is 5.75 Å². The minimum atomic E-state index is 0.270. The van der Waals surface area contributed by atoms with Gasteiger partial charge in [-0.3, -0.25) is 0 Å². The molecule has 0 aromatic heterocycles. The van der Waals surface area contributed by atoms with Gasteiger partial charge in [0.05, 0.1) is 5.56 Å². The fourth-order valence-electron chi connectivity index (χ4n) is 4.00. The van der Waals surface area contributed by atoms with Crippen molar-refractivity contribution >= 4 is 11.9 Å². The summed E-state index contributed by atoms with van der Waals surface area (Å²) in [6, 6.07) is 17.0. The summed E-state index contributed by atoms with van der Waals surface area (Å²) in [5.41, 5.74) is 4.04. The van der Waals surface area contributed by atoms with E-state index in [-0.39, 0.29) is 5.41 Å². The first-order valence-corrected chi connectivity index (χ1v) is 8.69. The standard InChI is InChI=1S/C21H24NO/c1-21(13-6-3-7-14-21)19-12-8-9-17-15-22(16-23-20(17)19)18-10-4-2-5-11-18/h2,4-5,8-12,15H,3,6-7,13-14,16H2,1H3/q+1. The topological polar surface area (TPSA) is 12.2 Å². The highest BCUT2D eigenvalue weighted by Gasteiger charge is 2.34. The predicted octanol–water partition coefficient (Wildman–Crippen LogP) is 5.02. The molecule has 0 amide bonds. The van der Waals surface area contributed by atoms with Crippen LogP contribution in [0.2, 0.25) is 0 Å². The molecule has 2 aromatic carbocycles. The molecule has 1 aliphatic heterocycles. The molecule has 0 spiro atoms. The summed E-state index contributed by atoms with van der Waals surface area (Å²) >= 11 is 0. The number of rotatable bonds is 2. The fraction of sp³-hybridized carbons (Fsp3) is 0.381. The molecular weight excluding hydrogens is 282 g/mol. The SMILES string of the molecule is CC1(c2cccc3c2OC[N+](c2ccccc2)=C3)CCCCC1. The van der Waals surface area contributed by atoms with Crippen LogP contribution >= 0.6 is 0 Å². The minimum Gasteiger partial charge on any atom is -0.435 e. The van der Waals surface area contributed by atoms with Crippen LogP contribution in [0.25, 0.3) is 0 Å². The molecule has 1 aliphatic carbocycles. The highest BCUT2D eigenvalue weighted by Crippen LogP contribution is 2.44. The highest BCUT2D eigenvalue weighted by atomic mass is 16.5. The number of ether oxygens (including phenoxy) is 1. The first-order valence-electron chi connectivity index (χ1n) is 8.69. The fourth-order valence-corrected chi connectivity index (χ4v) is 4.00. The third kappa shape index (κ3) is 2.67. The van der Waals surface area contributed by atoms with Crippen molar-refractivity contribution in [3.8, 4) is 5.75 Å². The molecule has 23 heavy (non-hydrogen) atoms. The molecular formula is C21H24NO+. The van der Waals surface area contributed by atoms with E-state index in [1.165, 1.54) is 48.9 Å². The Kier molecular flexibility index (Phi) is 3.68. The second kappa shape index (κ2) is 5.84. The maximum Gasteiger partial charge on any atom is 0.292 e. The molecule has 4 rings (SSSR count). The largest absolute Gasteiger partial charge is 0.435 e. The van der Waals surface area contributed by atoms with Crippen molar-refractivity contribution < 1.29 is 9.31 Å². The van der Waals surface area contributed by atoms with Crippen LogP contribution < -0.4 is 4.74 Å². The molecule has 0 atom stereocenters. The summed E-state index contributed by atoms with van der Waals surface area (Å²) in [5, 5.41) is 0. The molecule has 0 bridgehead atoms. The second-order valence-electron chi connectivity index (χ2n) is 7.05. The summed E-state index contributed by atoms with van der Waals surface area (Å²) in [6.07, 6.45) is 8.81. The number of hydrogen-bond donors (Lipinski definition) is 0. The maximum atomic E-state index is 6.23. The van der Waals surface area contributed by atoms with E-state index in [2.05, 4.69) is 60.2 Å². The molecule has 0 radical (unpaired) electrons. The van der Waals surface area contributed by atoms with Crippen molar-refractivity contribution in [3.63, 3.8) is 0 Å². The number of nitrogens with zero attached hydrogens (tertiary/aromatic N) is 1. The Morgan fingerprint density at radius 2 is 1.70 bits per heavy atom. The monoisotopic (exact) mass is 306 g/mol. The number of fused-ring (bicyclic) bond motifs is 1. The molecule has 2 aliphatic rings. The lowest BCUT2D eigenvalue weighted by Gasteiger charge is -2.35. The van der Waals surface area contributed by atoms with Crippen LogP contribution in [0.1, 0.15) is 50.2 Å². The van der Waals surface area contributed by atoms with Gasteiger partial charge in [-0.2, -0.15) is 4.58 Å². The van der Waals surface area contributed by atoms with Gasteiger partial charge in [0, 0.05) is 17.7 Å². The van der Waals surface area contributed by atoms with Crippen LogP contribution in [0, 0.1) is 0 Å². The number of para-hydroxylation sites is 2. The smallest absolute Gasteiger partial charge is 0.292 e. The van der Waals surface area contributed by atoms with E-state index in [1.54, 1.807) is 0 Å². The quantitative estimate of drug-likeness (QED) is 0.709. The van der Waals surface area contributed by atoms with Crippen LogP contribution in [0.3, 0.4) is 0 Å². The van der Waals surface area contributed by atoms with E-state index in [0.717, 1.165) is 5.75 Å². The normalized spacial score (nSPS) is 19.4. The average molecular weight is 306 g/mol. The first kappa shape index (κ1) is 14.5. The number of benzene rings is 2. The third-order valence-electron chi connectivity index (χ3n) is 5.38. The van der Waals surface area contributed by atoms with Gasteiger partial charge in [-0.05, 0) is 24.3 Å². The van der Waals surface area contributed by atoms with E-state index < -0.39 is 0 Å². The van der Waals surface area contributed by atoms with Crippen molar-refractivity contribution in [2.24, 2.45) is 0 Å². The Labute approximate surface area is 138 Å². The van der Waals surface area contributed by atoms with Gasteiger partial charge in [-0.25, -0.2) is 0 Å². The van der Waals surface area contributed by atoms with Gasteiger partial charge in [0.1, 0.15) is 5.75 Å². The van der Waals surface area contributed by atoms with Crippen LogP contribution in [0.15, 0.2) is 48.5 Å². The first-order chi connectivity index (χ1) is 11.3. The Hall–Kier alpha value is -2.09. The molecule has 0 unspecified atom stereocenters. The van der Waals surface area contributed by atoms with Crippen molar-refractivity contribution in [2.45, 2.75) is 44.4 Å². The van der Waals surface area contributed by atoms with E-state index in [0.29, 0.717) is 6.73 Å². The van der Waals surface area contributed by atoms with Crippen LogP contribution in [0.4, 0.5) is 5.69 Å². The summed E-state index contributed by atoms with van der Waals surface area (Å²) < 4.78 is 8.41. The van der Waals surface area contributed by atoms with Gasteiger partial charge in [0.15, 0.2) is 6.21 Å². The minimum absolute atomic E-state index is 0.270. The zero-order chi connectivity index (χ0) is 15.7. The maximum absolute atomic E-state index is 6.23. The summed E-state index contributed by atoms with van der Waals surface area (Å²) in [6.45, 7) is 3.00. The lowest BCUT2D eigenvalue weighted by molar-refractivity contribution is -0.476. The Morgan fingerprint density at radius 3 is 2.48 bits per heavy atom. The van der Waals surface area contributed by atoms with Gasteiger partial charge in [0.2, 0.25) is 5.69 Å². The highest BCUT2D eigenvalue weighted by molar-refractivity contribution is 5.82. The van der Waals surface area contributed by atoms with Gasteiger partial charge in [-0.15, -0.1) is 0 Å². The summed E-state index contributed by atoms with van der Waals surface area (Å²) in [4.78, 5) is 0. The average Bonchev–Trinajstić information content (AvgIpc) is 2.62. The Bertz CT molecular complexity index is 727. The summed E-state index contributed by atoms with van der Waals surface area (Å²) in [5.74, 6) is 1.10. The number of hydrogen-bond acceptors (Lipinski definition) is 1. The Balaban J connectivity index is 1.74. The molecule has 1 saturated carbocycles. The van der Waals surface area contributed by atoms with Gasteiger partial charge in [-0.1, -0.05) is 56.5 Å². The van der Waals surface area contributed by atoms with E-state index >= 15 is 0 Å². The van der Waals surface area contributed by atoms with E-state index in [9.17, 15) is 0 Å². The van der Waals surface area contributed by atoms with Crippen molar-refractivity contribution in [3.05, 3.63) is 59.7 Å². The molecule has 2 aromatic rings. The lowest BCUT2D eigenvalue weighted by atomic mass is 9.70. The van der Waals surface area contributed by atoms with Crippen molar-refractivity contribution in [1.29, 1.82) is 0 Å². The molecule has 118 valence electrons. The zero-order valence-electron chi connectivity index (χ0n) is 13.8. The second-order valence-corrected chi connectivity index (χ2v) is 7.05. The molecule has 1 fully saturated rings. The molecule has 2 nitrogen and oxygen atoms in total. The molecule has 1 heterocycles. The summed E-state index contributed by atoms with van der Waals surface area (Å²) in [7, 11) is 0. The van der Waals surface area contributed by atoms with Gasteiger partial charge >= 0.3 is 0 Å². The third-order valence-corrected chi connectivity index (χ3v) is 5.38. The molecule has 0 saturated heterocycles. The van der Waals surface area contributed by atoms with Crippen molar-refractivity contribution in [1.82, 2.24) is 0 Å². The van der Waals surface area contributed by atoms with Crippen LogP contribution in [-0.4, -0.2) is 17.5 Å². The molecule has 0 N–H and O–H groups in total. The van der Waals surface area contributed by atoms with Crippen LogP contribution in [-0.2, 0) is 5.41 Å². The molecule has 2 heteroatoms. The lowest BCUT2D eigenvalue weighted by Crippen LogP contribution is -2.29. The van der Waals surface area contributed by atoms with Gasteiger partial charge in [0.25, 0.3) is 6.73 Å². The zero-order valence-corrected chi connectivity index (χ0v) is 13.8. The van der Waals surface area contributed by atoms with Gasteiger partial charge < -0.3 is 4.74 Å². The van der Waals surface area contributed by atoms with Crippen molar-refractivity contribution in [2.75, 3.05) is 6.73 Å². The van der Waals surface area contributed by atoms with E-state index in [1.807, 2.05) is 6.07 Å². The van der Waals surface area contributed by atoms with E-state index in [4.69, 9.17) is 4.74 Å². The predicted molar refractivity (Wildman–Crippen MR) is 93.9 cm³/mol. The Morgan fingerprint density at radius 1 is 0.913 bits per heavy atom.